The number of aliphatic hydroxyl groups is 6. The van der Waals surface area contributed by atoms with Crippen molar-refractivity contribution in [1.82, 2.24) is 21.3 Å². The van der Waals surface area contributed by atoms with Crippen LogP contribution in [0.5, 0.6) is 0 Å². The number of hydrogen-bond acceptors (Lipinski definition) is 14. The van der Waals surface area contributed by atoms with Crippen LogP contribution in [-0.2, 0) is 18.9 Å². The number of hydrogen-bond donors (Lipinski definition) is 10. The molecule has 60 heavy (non-hydrogen) atoms. The van der Waals surface area contributed by atoms with Gasteiger partial charge in [0.05, 0.1) is 48.7 Å². The van der Waals surface area contributed by atoms with E-state index < -0.39 is 37.0 Å². The summed E-state index contributed by atoms with van der Waals surface area (Å²) in [5, 5.41) is 71.4. The molecule has 0 amide bonds. The Balaban J connectivity index is 0.000000152. The molecular formula is C46H88N4O10. The van der Waals surface area contributed by atoms with Crippen LogP contribution >= 0.6 is 0 Å². The van der Waals surface area contributed by atoms with E-state index in [4.69, 9.17) is 18.9 Å². The van der Waals surface area contributed by atoms with Gasteiger partial charge < -0.3 is 70.9 Å². The van der Waals surface area contributed by atoms with E-state index in [0.717, 1.165) is 68.9 Å². The summed E-state index contributed by atoms with van der Waals surface area (Å²) in [6.07, 6.45) is 13.3. The summed E-state index contributed by atoms with van der Waals surface area (Å²) in [6, 6.07) is 3.02. The summed E-state index contributed by atoms with van der Waals surface area (Å²) in [5.74, 6) is 1.56. The predicted octanol–water partition coefficient (Wildman–Crippen LogP) is 3.35. The van der Waals surface area contributed by atoms with Crippen molar-refractivity contribution in [1.29, 1.82) is 0 Å². The van der Waals surface area contributed by atoms with E-state index in [1.807, 2.05) is 0 Å². The van der Waals surface area contributed by atoms with E-state index >= 15 is 0 Å². The summed E-state index contributed by atoms with van der Waals surface area (Å²) >= 11 is 0. The van der Waals surface area contributed by atoms with Crippen LogP contribution in [-0.4, -0.2) is 153 Å². The highest BCUT2D eigenvalue weighted by atomic mass is 16.6. The largest absolute Gasteiger partial charge is 0.388 e. The third-order valence-electron chi connectivity index (χ3n) is 15.2. The number of ether oxygens (including phenoxy) is 4. The van der Waals surface area contributed by atoms with Crippen LogP contribution in [0, 0.1) is 11.8 Å². The van der Waals surface area contributed by atoms with Gasteiger partial charge in [-0.2, -0.15) is 0 Å². The smallest absolute Gasteiger partial charge is 0.183 e. The molecule has 8 heterocycles. The van der Waals surface area contributed by atoms with Gasteiger partial charge in [0.25, 0.3) is 0 Å². The van der Waals surface area contributed by atoms with Crippen LogP contribution in [0.25, 0.3) is 0 Å². The minimum atomic E-state index is -1.26. The molecule has 8 aliphatic heterocycles. The Bertz CT molecular complexity index is 1130. The summed E-state index contributed by atoms with van der Waals surface area (Å²) in [6.45, 7) is 17.7. The molecule has 0 bridgehead atoms. The molecule has 8 fully saturated rings. The fourth-order valence-corrected chi connectivity index (χ4v) is 11.5. The fourth-order valence-electron chi connectivity index (χ4n) is 11.5. The molecule has 0 spiro atoms. The van der Waals surface area contributed by atoms with E-state index in [-0.39, 0.29) is 24.3 Å². The van der Waals surface area contributed by atoms with Crippen LogP contribution in [0.3, 0.4) is 0 Å². The normalized spacial score (nSPS) is 47.9. The number of fused-ring (bicyclic) bond motifs is 4. The third kappa shape index (κ3) is 12.4. The van der Waals surface area contributed by atoms with Gasteiger partial charge in [-0.15, -0.1) is 0 Å². The van der Waals surface area contributed by atoms with E-state index in [2.05, 4.69) is 76.7 Å². The van der Waals surface area contributed by atoms with Crippen LogP contribution < -0.4 is 21.3 Å². The second kappa shape index (κ2) is 24.1. The molecule has 0 aromatic carbocycles. The van der Waals surface area contributed by atoms with E-state index in [1.165, 1.54) is 57.8 Å². The second-order valence-electron chi connectivity index (χ2n) is 19.3. The molecule has 22 atom stereocenters. The first-order valence-electron chi connectivity index (χ1n) is 24.5. The monoisotopic (exact) mass is 857 g/mol. The minimum Gasteiger partial charge on any atom is -0.388 e. The highest BCUT2D eigenvalue weighted by Crippen LogP contribution is 2.39. The van der Waals surface area contributed by atoms with Gasteiger partial charge in [-0.1, -0.05) is 67.2 Å². The molecule has 0 aromatic rings. The maximum absolute atomic E-state index is 9.80. The lowest BCUT2D eigenvalue weighted by molar-refractivity contribution is -0.264. The van der Waals surface area contributed by atoms with Crippen LogP contribution in [0.15, 0.2) is 0 Å². The van der Waals surface area contributed by atoms with Crippen molar-refractivity contribution in [3.05, 3.63) is 0 Å². The number of aliphatic hydroxyl groups excluding tert-OH is 6. The van der Waals surface area contributed by atoms with Gasteiger partial charge in [0, 0.05) is 48.1 Å². The lowest BCUT2D eigenvalue weighted by atomic mass is 9.87. The van der Waals surface area contributed by atoms with Crippen molar-refractivity contribution in [2.75, 3.05) is 0 Å². The molecule has 14 heteroatoms. The maximum Gasteiger partial charge on any atom is 0.183 e. The third-order valence-corrected chi connectivity index (χ3v) is 15.2. The van der Waals surface area contributed by atoms with Crippen molar-refractivity contribution in [2.24, 2.45) is 11.8 Å². The standard InChI is InChI=1S/2C13H25NO.2C10H19NO4/c1-4-6-7-10-8-11-12(5-2)15-9(3)13(11)14-10;1-4-6-7-10-8-11-9(3)15-12(5-2)13(11)14-10;2*1-2-5-3-4-6-7(11-5)8(12)9(13)10(14)15-6/h2*9-14H,4-8H2,1-3H3;2*5-14H,2-4H2,1H3. The molecule has 10 N–H and O–H groups in total. The zero-order valence-electron chi connectivity index (χ0n) is 38.3. The minimum absolute atomic E-state index is 0.193. The fraction of sp³-hybridized carbons (Fsp3) is 1.00. The van der Waals surface area contributed by atoms with Gasteiger partial charge in [0.1, 0.15) is 24.4 Å². The quantitative estimate of drug-likeness (QED) is 0.153. The molecule has 14 nitrogen and oxygen atoms in total. The Kier molecular flexibility index (Phi) is 20.3. The average Bonchev–Trinajstić information content (AvgIpc) is 4.03. The lowest BCUT2D eigenvalue weighted by Crippen LogP contribution is -2.66. The molecule has 0 saturated carbocycles. The average molecular weight is 857 g/mol. The van der Waals surface area contributed by atoms with Crippen LogP contribution in [0.2, 0.25) is 0 Å². The summed E-state index contributed by atoms with van der Waals surface area (Å²) in [4.78, 5) is 0. The highest BCUT2D eigenvalue weighted by molar-refractivity contribution is 5.03. The molecule has 8 aliphatic rings. The van der Waals surface area contributed by atoms with Crippen LogP contribution in [0.1, 0.15) is 158 Å². The Morgan fingerprint density at radius 2 is 0.867 bits per heavy atom. The van der Waals surface area contributed by atoms with E-state index in [1.54, 1.807) is 0 Å². The lowest BCUT2D eigenvalue weighted by Gasteiger charge is -2.46. The predicted molar refractivity (Wildman–Crippen MR) is 232 cm³/mol. The van der Waals surface area contributed by atoms with Crippen molar-refractivity contribution in [3.8, 4) is 0 Å². The Morgan fingerprint density at radius 1 is 0.433 bits per heavy atom. The molecule has 8 rings (SSSR count). The highest BCUT2D eigenvalue weighted by Gasteiger charge is 2.49. The second-order valence-corrected chi connectivity index (χ2v) is 19.3. The van der Waals surface area contributed by atoms with Gasteiger partial charge in [-0.05, 0) is 90.9 Å². The number of rotatable bonds is 10. The van der Waals surface area contributed by atoms with Gasteiger partial charge in [0.2, 0.25) is 0 Å². The Morgan fingerprint density at radius 3 is 1.32 bits per heavy atom. The summed E-state index contributed by atoms with van der Waals surface area (Å²) in [7, 11) is 0. The molecule has 22 unspecified atom stereocenters. The van der Waals surface area contributed by atoms with E-state index in [0.29, 0.717) is 48.6 Å². The van der Waals surface area contributed by atoms with Crippen LogP contribution in [0.4, 0.5) is 0 Å². The summed E-state index contributed by atoms with van der Waals surface area (Å²) in [5.41, 5.74) is 0. The van der Waals surface area contributed by atoms with Crippen molar-refractivity contribution in [3.63, 3.8) is 0 Å². The molecule has 0 aromatic heterocycles. The SMILES string of the molecule is CCC1CCC2OC(O)C(O)C(O)C2N1.CCC1CCC2OC(O)C(O)C(O)C2N1.CCCCC1CC2C(C)OC(CC)C2N1.CCCCC1CC2C(CC)OC(C)C2N1. The van der Waals surface area contributed by atoms with Gasteiger partial charge in [-0.3, -0.25) is 0 Å². The topological polar surface area (TPSA) is 206 Å². The number of unbranched alkanes of at least 4 members (excludes halogenated alkanes) is 2. The number of piperidine rings is 2. The van der Waals surface area contributed by atoms with Crippen molar-refractivity contribution in [2.45, 2.75) is 280 Å². The summed E-state index contributed by atoms with van der Waals surface area (Å²) < 4.78 is 22.4. The molecular weight excluding hydrogens is 769 g/mol. The molecule has 0 radical (unpaired) electrons. The molecule has 8 saturated heterocycles. The zero-order chi connectivity index (χ0) is 43.7. The number of nitrogens with one attached hydrogen (secondary N) is 4. The molecule has 0 aliphatic carbocycles. The first-order valence-corrected chi connectivity index (χ1v) is 24.5. The Hall–Kier alpha value is -0.560. The van der Waals surface area contributed by atoms with E-state index in [9.17, 15) is 30.6 Å². The maximum atomic E-state index is 9.80. The first-order chi connectivity index (χ1) is 28.8. The Labute approximate surface area is 362 Å². The van der Waals surface area contributed by atoms with Crippen molar-refractivity contribution < 1.29 is 49.6 Å². The first kappa shape index (κ1) is 50.4. The molecule has 352 valence electrons. The van der Waals surface area contributed by atoms with Gasteiger partial charge in [-0.25, -0.2) is 0 Å². The van der Waals surface area contributed by atoms with Gasteiger partial charge >= 0.3 is 0 Å². The zero-order valence-corrected chi connectivity index (χ0v) is 38.3. The van der Waals surface area contributed by atoms with Gasteiger partial charge in [0.15, 0.2) is 12.6 Å². The van der Waals surface area contributed by atoms with Crippen molar-refractivity contribution >= 4 is 0 Å².